The molecular weight excluding hydrogens is 321 g/mol. The van der Waals surface area contributed by atoms with Crippen LogP contribution in [0.15, 0.2) is 53.0 Å². The molecule has 0 heterocycles. The normalized spacial score (nSPS) is 10.3. The lowest BCUT2D eigenvalue weighted by atomic mass is 10.1. The highest BCUT2D eigenvalue weighted by molar-refractivity contribution is 9.10. The number of hydrogen-bond acceptors (Lipinski definition) is 1. The predicted molar refractivity (Wildman–Crippen MR) is 81.0 cm³/mol. The van der Waals surface area contributed by atoms with Gasteiger partial charge in [0.1, 0.15) is 5.82 Å². The molecular formula is C16H15BrFNO. The first-order chi connectivity index (χ1) is 9.63. The third-order valence-electron chi connectivity index (χ3n) is 3.06. The Bertz CT molecular complexity index is 580. The molecule has 0 unspecified atom stereocenters. The first-order valence-electron chi connectivity index (χ1n) is 6.40. The summed E-state index contributed by atoms with van der Waals surface area (Å²) in [6, 6.07) is 14.2. The van der Waals surface area contributed by atoms with E-state index in [2.05, 4.69) is 15.9 Å². The second kappa shape index (κ2) is 6.66. The molecule has 0 saturated carbocycles. The van der Waals surface area contributed by atoms with E-state index in [4.69, 9.17) is 0 Å². The van der Waals surface area contributed by atoms with Crippen LogP contribution < -0.4 is 0 Å². The topological polar surface area (TPSA) is 20.3 Å². The SMILES string of the molecule is CCN(Cc1ccccc1)C(=O)c1c(F)cccc1Br. The molecule has 0 spiro atoms. The van der Waals surface area contributed by atoms with Crippen molar-refractivity contribution in [3.05, 3.63) is 69.9 Å². The molecule has 0 fully saturated rings. The molecule has 2 rings (SSSR count). The number of rotatable bonds is 4. The van der Waals surface area contributed by atoms with Crippen LogP contribution in [0, 0.1) is 5.82 Å². The Morgan fingerprint density at radius 2 is 1.85 bits per heavy atom. The molecule has 2 aromatic rings. The van der Waals surface area contributed by atoms with Gasteiger partial charge < -0.3 is 4.90 Å². The Morgan fingerprint density at radius 3 is 2.45 bits per heavy atom. The molecule has 0 N–H and O–H groups in total. The summed E-state index contributed by atoms with van der Waals surface area (Å²) >= 11 is 3.24. The van der Waals surface area contributed by atoms with Gasteiger partial charge in [-0.2, -0.15) is 0 Å². The summed E-state index contributed by atoms with van der Waals surface area (Å²) in [4.78, 5) is 14.1. The van der Waals surface area contributed by atoms with Crippen LogP contribution in [0.3, 0.4) is 0 Å². The van der Waals surface area contributed by atoms with Gasteiger partial charge in [-0.3, -0.25) is 4.79 Å². The molecule has 104 valence electrons. The maximum Gasteiger partial charge on any atom is 0.258 e. The van der Waals surface area contributed by atoms with Gasteiger partial charge >= 0.3 is 0 Å². The summed E-state index contributed by atoms with van der Waals surface area (Å²) in [7, 11) is 0. The van der Waals surface area contributed by atoms with Crippen molar-refractivity contribution in [1.29, 1.82) is 0 Å². The van der Waals surface area contributed by atoms with Crippen molar-refractivity contribution in [3.63, 3.8) is 0 Å². The van der Waals surface area contributed by atoms with Crippen molar-refractivity contribution < 1.29 is 9.18 Å². The predicted octanol–water partition coefficient (Wildman–Crippen LogP) is 4.25. The number of carbonyl (C=O) groups is 1. The van der Waals surface area contributed by atoms with Gasteiger partial charge in [-0.05, 0) is 40.5 Å². The van der Waals surface area contributed by atoms with Gasteiger partial charge in [0.05, 0.1) is 5.56 Å². The Hall–Kier alpha value is -1.68. The Morgan fingerprint density at radius 1 is 1.15 bits per heavy atom. The minimum atomic E-state index is -0.504. The van der Waals surface area contributed by atoms with E-state index < -0.39 is 5.82 Å². The standard InChI is InChI=1S/C16H15BrFNO/c1-2-19(11-12-7-4-3-5-8-12)16(20)15-13(17)9-6-10-14(15)18/h3-10H,2,11H2,1H3. The summed E-state index contributed by atoms with van der Waals surface area (Å²) in [6.07, 6.45) is 0. The summed E-state index contributed by atoms with van der Waals surface area (Å²) in [6.45, 7) is 2.88. The van der Waals surface area contributed by atoms with E-state index in [1.165, 1.54) is 6.07 Å². The van der Waals surface area contributed by atoms with Crippen LogP contribution >= 0.6 is 15.9 Å². The van der Waals surface area contributed by atoms with Crippen molar-refractivity contribution in [2.45, 2.75) is 13.5 Å². The van der Waals surface area contributed by atoms with Gasteiger partial charge in [-0.25, -0.2) is 4.39 Å². The zero-order chi connectivity index (χ0) is 14.5. The monoisotopic (exact) mass is 335 g/mol. The average molecular weight is 336 g/mol. The van der Waals surface area contributed by atoms with E-state index in [0.29, 0.717) is 17.6 Å². The van der Waals surface area contributed by atoms with E-state index in [1.54, 1.807) is 17.0 Å². The number of benzene rings is 2. The highest BCUT2D eigenvalue weighted by Gasteiger charge is 2.20. The van der Waals surface area contributed by atoms with Gasteiger partial charge in [-0.15, -0.1) is 0 Å². The van der Waals surface area contributed by atoms with E-state index in [0.717, 1.165) is 5.56 Å². The van der Waals surface area contributed by atoms with Gasteiger partial charge in [0.25, 0.3) is 5.91 Å². The van der Waals surface area contributed by atoms with Gasteiger partial charge in [0.15, 0.2) is 0 Å². The molecule has 4 heteroatoms. The zero-order valence-electron chi connectivity index (χ0n) is 11.1. The summed E-state index contributed by atoms with van der Waals surface area (Å²) < 4.78 is 14.3. The maximum absolute atomic E-state index is 13.9. The molecule has 0 aliphatic rings. The first-order valence-corrected chi connectivity index (χ1v) is 7.20. The number of hydrogen-bond donors (Lipinski definition) is 0. The Kier molecular flexibility index (Phi) is 4.90. The van der Waals surface area contributed by atoms with Gasteiger partial charge in [-0.1, -0.05) is 36.4 Å². The van der Waals surface area contributed by atoms with E-state index in [1.807, 2.05) is 37.3 Å². The number of nitrogens with zero attached hydrogens (tertiary/aromatic N) is 1. The smallest absolute Gasteiger partial charge is 0.258 e. The number of carbonyl (C=O) groups excluding carboxylic acids is 1. The number of halogens is 2. The molecule has 0 saturated heterocycles. The summed E-state index contributed by atoms with van der Waals surface area (Å²) in [5, 5.41) is 0. The minimum absolute atomic E-state index is 0.0882. The third kappa shape index (κ3) is 3.25. The molecule has 0 aliphatic carbocycles. The molecule has 1 amide bonds. The summed E-state index contributed by atoms with van der Waals surface area (Å²) in [5.74, 6) is -0.808. The fourth-order valence-corrected chi connectivity index (χ4v) is 2.50. The van der Waals surface area contributed by atoms with Gasteiger partial charge in [0, 0.05) is 17.6 Å². The minimum Gasteiger partial charge on any atom is -0.334 e. The Balaban J connectivity index is 2.26. The Labute approximate surface area is 126 Å². The molecule has 0 radical (unpaired) electrons. The van der Waals surface area contributed by atoms with Crippen LogP contribution in [0.1, 0.15) is 22.8 Å². The quantitative estimate of drug-likeness (QED) is 0.817. The van der Waals surface area contributed by atoms with Crippen LogP contribution in [0.2, 0.25) is 0 Å². The van der Waals surface area contributed by atoms with Crippen molar-refractivity contribution in [1.82, 2.24) is 4.90 Å². The highest BCUT2D eigenvalue weighted by Crippen LogP contribution is 2.22. The fraction of sp³-hybridized carbons (Fsp3) is 0.188. The van der Waals surface area contributed by atoms with Crippen molar-refractivity contribution in [3.8, 4) is 0 Å². The van der Waals surface area contributed by atoms with Crippen LogP contribution in [0.25, 0.3) is 0 Å². The average Bonchev–Trinajstić information content (AvgIpc) is 2.45. The lowest BCUT2D eigenvalue weighted by molar-refractivity contribution is 0.0747. The van der Waals surface area contributed by atoms with Crippen LogP contribution in [-0.4, -0.2) is 17.4 Å². The van der Waals surface area contributed by atoms with E-state index >= 15 is 0 Å². The molecule has 0 bridgehead atoms. The fourth-order valence-electron chi connectivity index (χ4n) is 1.99. The maximum atomic E-state index is 13.9. The van der Waals surface area contributed by atoms with E-state index in [-0.39, 0.29) is 11.5 Å². The molecule has 0 aromatic heterocycles. The van der Waals surface area contributed by atoms with Gasteiger partial charge in [0.2, 0.25) is 0 Å². The largest absolute Gasteiger partial charge is 0.334 e. The van der Waals surface area contributed by atoms with Crippen LogP contribution in [0.5, 0.6) is 0 Å². The highest BCUT2D eigenvalue weighted by atomic mass is 79.9. The molecule has 2 aromatic carbocycles. The van der Waals surface area contributed by atoms with E-state index in [9.17, 15) is 9.18 Å². The number of amides is 1. The molecule has 0 aliphatic heterocycles. The second-order valence-electron chi connectivity index (χ2n) is 4.40. The lowest BCUT2D eigenvalue weighted by Crippen LogP contribution is -2.31. The van der Waals surface area contributed by atoms with Crippen molar-refractivity contribution in [2.24, 2.45) is 0 Å². The van der Waals surface area contributed by atoms with Crippen LogP contribution in [0.4, 0.5) is 4.39 Å². The lowest BCUT2D eigenvalue weighted by Gasteiger charge is -2.22. The second-order valence-corrected chi connectivity index (χ2v) is 5.26. The molecule has 20 heavy (non-hydrogen) atoms. The van der Waals surface area contributed by atoms with Crippen molar-refractivity contribution >= 4 is 21.8 Å². The van der Waals surface area contributed by atoms with Crippen LogP contribution in [-0.2, 0) is 6.54 Å². The first kappa shape index (κ1) is 14.7. The molecule has 2 nitrogen and oxygen atoms in total. The summed E-state index contributed by atoms with van der Waals surface area (Å²) in [5.41, 5.74) is 1.11. The van der Waals surface area contributed by atoms with Crippen molar-refractivity contribution in [2.75, 3.05) is 6.54 Å². The zero-order valence-corrected chi connectivity index (χ0v) is 12.7. The third-order valence-corrected chi connectivity index (χ3v) is 3.72. The molecule has 0 atom stereocenters.